The highest BCUT2D eigenvalue weighted by Crippen LogP contribution is 2.13. The number of likely N-dealkylation sites (tertiary alicyclic amines) is 1. The van der Waals surface area contributed by atoms with Crippen LogP contribution in [0.2, 0.25) is 0 Å². The molecular weight excluding hydrogens is 166 g/mol. The Morgan fingerprint density at radius 3 is 2.69 bits per heavy atom. The van der Waals surface area contributed by atoms with Gasteiger partial charge in [-0.2, -0.15) is 0 Å². The van der Waals surface area contributed by atoms with Gasteiger partial charge < -0.3 is 9.64 Å². The molecule has 1 aliphatic rings. The number of hydrogen-bond acceptors (Lipinski definition) is 2. The predicted octanol–water partition coefficient (Wildman–Crippen LogP) is 1.20. The van der Waals surface area contributed by atoms with Gasteiger partial charge in [0.05, 0.1) is 6.10 Å². The minimum atomic E-state index is 0.0370. The van der Waals surface area contributed by atoms with Crippen molar-refractivity contribution < 1.29 is 9.53 Å². The molecule has 0 atom stereocenters. The van der Waals surface area contributed by atoms with E-state index in [0.717, 1.165) is 32.5 Å². The summed E-state index contributed by atoms with van der Waals surface area (Å²) >= 11 is 0. The molecule has 0 aromatic heterocycles. The van der Waals surface area contributed by atoms with Crippen LogP contribution in [0.1, 0.15) is 19.8 Å². The lowest BCUT2D eigenvalue weighted by Crippen LogP contribution is -2.40. The Balaban J connectivity index is 2.30. The molecule has 0 unspecified atom stereocenters. The Morgan fingerprint density at radius 1 is 1.62 bits per heavy atom. The van der Waals surface area contributed by atoms with Gasteiger partial charge in [0.2, 0.25) is 5.91 Å². The Bertz CT molecular complexity index is 183. The molecule has 13 heavy (non-hydrogen) atoms. The maximum atomic E-state index is 11.2. The first-order valence-electron chi connectivity index (χ1n) is 4.81. The smallest absolute Gasteiger partial charge is 0.245 e. The lowest BCUT2D eigenvalue weighted by atomic mass is 10.1. The van der Waals surface area contributed by atoms with Crippen LogP contribution < -0.4 is 0 Å². The molecule has 1 rings (SSSR count). The van der Waals surface area contributed by atoms with Gasteiger partial charge in [-0.25, -0.2) is 0 Å². The second-order valence-corrected chi connectivity index (χ2v) is 3.18. The number of carbonyl (C=O) groups excluding carboxylic acids is 1. The van der Waals surface area contributed by atoms with E-state index in [0.29, 0.717) is 6.10 Å². The molecule has 0 aliphatic carbocycles. The summed E-state index contributed by atoms with van der Waals surface area (Å²) in [6.07, 6.45) is 3.63. The van der Waals surface area contributed by atoms with Crippen LogP contribution in [0.25, 0.3) is 0 Å². The molecule has 1 aliphatic heterocycles. The summed E-state index contributed by atoms with van der Waals surface area (Å²) in [6, 6.07) is 0. The number of nitrogens with zero attached hydrogens (tertiary/aromatic N) is 1. The quantitative estimate of drug-likeness (QED) is 0.615. The van der Waals surface area contributed by atoms with Crippen LogP contribution in [0.5, 0.6) is 0 Å². The van der Waals surface area contributed by atoms with Crippen LogP contribution in [0.4, 0.5) is 0 Å². The topological polar surface area (TPSA) is 29.5 Å². The van der Waals surface area contributed by atoms with Gasteiger partial charge in [0.1, 0.15) is 0 Å². The molecule has 1 heterocycles. The van der Waals surface area contributed by atoms with Crippen molar-refractivity contribution in [2.45, 2.75) is 25.9 Å². The van der Waals surface area contributed by atoms with E-state index in [2.05, 4.69) is 6.58 Å². The van der Waals surface area contributed by atoms with Gasteiger partial charge in [0.15, 0.2) is 0 Å². The minimum Gasteiger partial charge on any atom is -0.378 e. The highest BCUT2D eigenvalue weighted by Gasteiger charge is 2.20. The zero-order chi connectivity index (χ0) is 9.68. The van der Waals surface area contributed by atoms with Crippen molar-refractivity contribution in [2.75, 3.05) is 19.7 Å². The summed E-state index contributed by atoms with van der Waals surface area (Å²) < 4.78 is 5.48. The molecule has 0 bridgehead atoms. The van der Waals surface area contributed by atoms with Crippen molar-refractivity contribution in [3.63, 3.8) is 0 Å². The van der Waals surface area contributed by atoms with Crippen LogP contribution in [-0.4, -0.2) is 36.6 Å². The standard InChI is InChI=1S/C10H17NO2/c1-3-10(12)11-7-5-9(6-8-11)13-4-2/h3,9H,1,4-8H2,2H3. The van der Waals surface area contributed by atoms with Crippen LogP contribution >= 0.6 is 0 Å². The van der Waals surface area contributed by atoms with E-state index >= 15 is 0 Å². The van der Waals surface area contributed by atoms with E-state index < -0.39 is 0 Å². The van der Waals surface area contributed by atoms with E-state index in [4.69, 9.17) is 4.74 Å². The molecule has 1 fully saturated rings. The summed E-state index contributed by atoms with van der Waals surface area (Å²) in [7, 11) is 0. The third-order valence-electron chi connectivity index (χ3n) is 2.33. The highest BCUT2D eigenvalue weighted by molar-refractivity contribution is 5.87. The van der Waals surface area contributed by atoms with Crippen LogP contribution in [0.15, 0.2) is 12.7 Å². The lowest BCUT2D eigenvalue weighted by molar-refractivity contribution is -0.128. The fourth-order valence-corrected chi connectivity index (χ4v) is 1.61. The Morgan fingerprint density at radius 2 is 2.23 bits per heavy atom. The molecule has 0 saturated carbocycles. The van der Waals surface area contributed by atoms with E-state index in [1.807, 2.05) is 11.8 Å². The second kappa shape index (κ2) is 5.02. The lowest BCUT2D eigenvalue weighted by Gasteiger charge is -2.30. The van der Waals surface area contributed by atoms with Gasteiger partial charge in [0.25, 0.3) is 0 Å². The first kappa shape index (κ1) is 10.3. The molecule has 0 N–H and O–H groups in total. The van der Waals surface area contributed by atoms with Gasteiger partial charge in [-0.15, -0.1) is 0 Å². The van der Waals surface area contributed by atoms with Crippen LogP contribution in [0, 0.1) is 0 Å². The van der Waals surface area contributed by atoms with Crippen molar-refractivity contribution in [2.24, 2.45) is 0 Å². The first-order chi connectivity index (χ1) is 6.27. The molecule has 3 heteroatoms. The Labute approximate surface area is 79.4 Å². The minimum absolute atomic E-state index is 0.0370. The molecule has 0 aromatic carbocycles. The van der Waals surface area contributed by atoms with E-state index in [-0.39, 0.29) is 5.91 Å². The summed E-state index contributed by atoms with van der Waals surface area (Å²) in [4.78, 5) is 13.0. The van der Waals surface area contributed by atoms with Crippen LogP contribution in [0.3, 0.4) is 0 Å². The fourth-order valence-electron chi connectivity index (χ4n) is 1.61. The third-order valence-corrected chi connectivity index (χ3v) is 2.33. The van der Waals surface area contributed by atoms with Crippen molar-refractivity contribution in [1.82, 2.24) is 4.90 Å². The zero-order valence-electron chi connectivity index (χ0n) is 8.16. The number of rotatable bonds is 3. The third kappa shape index (κ3) is 2.84. The number of ether oxygens (including phenoxy) is 1. The van der Waals surface area contributed by atoms with Crippen LogP contribution in [-0.2, 0) is 9.53 Å². The normalized spacial score (nSPS) is 18.7. The van der Waals surface area contributed by atoms with E-state index in [9.17, 15) is 4.79 Å². The molecule has 74 valence electrons. The molecule has 0 spiro atoms. The van der Waals surface area contributed by atoms with Gasteiger partial charge >= 0.3 is 0 Å². The van der Waals surface area contributed by atoms with Gasteiger partial charge in [0, 0.05) is 19.7 Å². The maximum Gasteiger partial charge on any atom is 0.245 e. The summed E-state index contributed by atoms with van der Waals surface area (Å²) in [6.45, 7) is 7.84. The van der Waals surface area contributed by atoms with Gasteiger partial charge in [-0.3, -0.25) is 4.79 Å². The highest BCUT2D eigenvalue weighted by atomic mass is 16.5. The first-order valence-corrected chi connectivity index (χ1v) is 4.81. The Hall–Kier alpha value is -0.830. The summed E-state index contributed by atoms with van der Waals surface area (Å²) in [5.41, 5.74) is 0. The molecule has 1 saturated heterocycles. The molecule has 3 nitrogen and oxygen atoms in total. The fraction of sp³-hybridized carbons (Fsp3) is 0.700. The van der Waals surface area contributed by atoms with Crippen molar-refractivity contribution in [3.05, 3.63) is 12.7 Å². The van der Waals surface area contributed by atoms with Crippen molar-refractivity contribution >= 4 is 5.91 Å². The largest absolute Gasteiger partial charge is 0.378 e. The van der Waals surface area contributed by atoms with Gasteiger partial charge in [-0.1, -0.05) is 6.58 Å². The predicted molar refractivity (Wildman–Crippen MR) is 51.4 cm³/mol. The monoisotopic (exact) mass is 183 g/mol. The molecule has 0 radical (unpaired) electrons. The summed E-state index contributed by atoms with van der Waals surface area (Å²) in [5.74, 6) is 0.0370. The molecule has 0 aromatic rings. The molecular formula is C10H17NO2. The van der Waals surface area contributed by atoms with E-state index in [1.54, 1.807) is 0 Å². The number of carbonyl (C=O) groups is 1. The zero-order valence-corrected chi connectivity index (χ0v) is 8.16. The molecule has 1 amide bonds. The number of amides is 1. The Kier molecular flexibility index (Phi) is 3.96. The summed E-state index contributed by atoms with van der Waals surface area (Å²) in [5, 5.41) is 0. The average Bonchev–Trinajstić information content (AvgIpc) is 2.18. The number of piperidine rings is 1. The van der Waals surface area contributed by atoms with Gasteiger partial charge in [-0.05, 0) is 25.8 Å². The SMILES string of the molecule is C=CC(=O)N1CCC(OCC)CC1. The second-order valence-electron chi connectivity index (χ2n) is 3.18. The average molecular weight is 183 g/mol. The van der Waals surface area contributed by atoms with Crippen molar-refractivity contribution in [3.8, 4) is 0 Å². The maximum absolute atomic E-state index is 11.2. The number of hydrogen-bond donors (Lipinski definition) is 0. The van der Waals surface area contributed by atoms with E-state index in [1.165, 1.54) is 6.08 Å². The van der Waals surface area contributed by atoms with Crippen molar-refractivity contribution in [1.29, 1.82) is 0 Å².